The fourth-order valence-electron chi connectivity index (χ4n) is 2.36. The number of aryl methyl sites for hydroxylation is 2. The molecule has 1 amide bonds. The van der Waals surface area contributed by atoms with E-state index in [0.29, 0.717) is 15.7 Å². The average Bonchev–Trinajstić information content (AvgIpc) is 3.16. The number of amides is 1. The third kappa shape index (κ3) is 3.90. The average molecular weight is 362 g/mol. The predicted molar refractivity (Wildman–Crippen MR) is 92.8 cm³/mol. The molecule has 8 heteroatoms. The summed E-state index contributed by atoms with van der Waals surface area (Å²) in [6, 6.07) is 7.68. The minimum absolute atomic E-state index is 0.143. The number of hydrogen-bond acceptors (Lipinski definition) is 4. The number of anilines is 1. The van der Waals surface area contributed by atoms with Crippen LogP contribution in [0.4, 0.5) is 13.9 Å². The van der Waals surface area contributed by atoms with Gasteiger partial charge in [0.2, 0.25) is 5.91 Å². The lowest BCUT2D eigenvalue weighted by atomic mass is 10.1. The molecule has 2 heterocycles. The van der Waals surface area contributed by atoms with Crippen molar-refractivity contribution >= 4 is 22.4 Å². The van der Waals surface area contributed by atoms with Crippen molar-refractivity contribution in [3.8, 4) is 10.7 Å². The normalized spacial score (nSPS) is 11.1. The second kappa shape index (κ2) is 7.10. The fourth-order valence-corrected chi connectivity index (χ4v) is 3.34. The van der Waals surface area contributed by atoms with Gasteiger partial charge in [-0.05, 0) is 19.4 Å². The summed E-state index contributed by atoms with van der Waals surface area (Å²) >= 11 is 1.13. The van der Waals surface area contributed by atoms with Gasteiger partial charge in [0, 0.05) is 12.4 Å². The molecule has 5 nitrogen and oxygen atoms in total. The molecule has 0 saturated carbocycles. The van der Waals surface area contributed by atoms with Crippen LogP contribution in [0.15, 0.2) is 36.7 Å². The highest BCUT2D eigenvalue weighted by molar-refractivity contribution is 7.19. The summed E-state index contributed by atoms with van der Waals surface area (Å²) in [4.78, 5) is 20.9. The number of halogens is 2. The molecule has 3 rings (SSSR count). The number of hydrogen-bond donors (Lipinski definition) is 1. The molecule has 0 aliphatic carbocycles. The van der Waals surface area contributed by atoms with E-state index in [4.69, 9.17) is 0 Å². The molecule has 0 aliphatic rings. The van der Waals surface area contributed by atoms with E-state index in [-0.39, 0.29) is 18.2 Å². The topological polar surface area (TPSA) is 59.8 Å². The van der Waals surface area contributed by atoms with Crippen LogP contribution in [-0.2, 0) is 11.2 Å². The molecule has 0 unspecified atom stereocenters. The van der Waals surface area contributed by atoms with E-state index in [1.807, 2.05) is 31.2 Å². The third-order valence-corrected chi connectivity index (χ3v) is 4.68. The highest BCUT2D eigenvalue weighted by Crippen LogP contribution is 2.33. The first-order chi connectivity index (χ1) is 11.9. The molecule has 0 atom stereocenters. The van der Waals surface area contributed by atoms with E-state index < -0.39 is 6.55 Å². The molecule has 0 aliphatic heterocycles. The lowest BCUT2D eigenvalue weighted by Crippen LogP contribution is -2.14. The number of nitrogens with one attached hydrogen (secondary N) is 1. The van der Waals surface area contributed by atoms with E-state index in [2.05, 4.69) is 15.3 Å². The van der Waals surface area contributed by atoms with Crippen LogP contribution in [0.25, 0.3) is 10.7 Å². The van der Waals surface area contributed by atoms with Gasteiger partial charge in [-0.2, -0.15) is 8.78 Å². The Morgan fingerprint density at radius 2 is 2.00 bits per heavy atom. The second-order valence-corrected chi connectivity index (χ2v) is 6.58. The Bertz CT molecular complexity index is 886. The van der Waals surface area contributed by atoms with Crippen molar-refractivity contribution in [1.82, 2.24) is 14.5 Å². The molecule has 0 fully saturated rings. The molecule has 2 aromatic heterocycles. The van der Waals surface area contributed by atoms with Gasteiger partial charge in [0.1, 0.15) is 0 Å². The van der Waals surface area contributed by atoms with Crippen molar-refractivity contribution in [2.24, 2.45) is 0 Å². The first-order valence-electron chi connectivity index (χ1n) is 7.58. The molecule has 3 aromatic rings. The Labute approximate surface area is 147 Å². The fraction of sp³-hybridized carbons (Fsp3) is 0.235. The van der Waals surface area contributed by atoms with Crippen LogP contribution in [0.5, 0.6) is 0 Å². The summed E-state index contributed by atoms with van der Waals surface area (Å²) in [5.74, 6) is -0.0645. The number of thiazole rings is 1. The number of aromatic nitrogens is 3. The van der Waals surface area contributed by atoms with Crippen molar-refractivity contribution in [2.75, 3.05) is 5.32 Å². The van der Waals surface area contributed by atoms with Crippen LogP contribution >= 0.6 is 11.3 Å². The second-order valence-electron chi connectivity index (χ2n) is 5.58. The smallest absolute Gasteiger partial charge is 0.302 e. The van der Waals surface area contributed by atoms with Crippen LogP contribution in [0, 0.1) is 13.8 Å². The standard InChI is InChI=1S/C17H16F2N4OS/c1-10-3-5-12(6-4-10)9-13(24)22-17-21-11(2)14(25-17)15-20-7-8-23(15)16(18)19/h3-8,16H,9H2,1-2H3,(H,21,22,24). The molecule has 1 N–H and O–H groups in total. The lowest BCUT2D eigenvalue weighted by Gasteiger charge is -2.04. The number of rotatable bonds is 5. The van der Waals surface area contributed by atoms with Crippen molar-refractivity contribution in [2.45, 2.75) is 26.8 Å². The molecular formula is C17H16F2N4OS. The zero-order valence-corrected chi connectivity index (χ0v) is 14.5. The number of alkyl halides is 2. The maximum atomic E-state index is 13.0. The Hall–Kier alpha value is -2.61. The van der Waals surface area contributed by atoms with Gasteiger partial charge in [0.25, 0.3) is 0 Å². The van der Waals surface area contributed by atoms with Crippen molar-refractivity contribution in [3.05, 3.63) is 53.5 Å². The van der Waals surface area contributed by atoms with Gasteiger partial charge in [-0.15, -0.1) is 0 Å². The molecule has 1 aromatic carbocycles. The predicted octanol–water partition coefficient (Wildman–Crippen LogP) is 4.20. The summed E-state index contributed by atoms with van der Waals surface area (Å²) in [7, 11) is 0. The lowest BCUT2D eigenvalue weighted by molar-refractivity contribution is -0.115. The Balaban J connectivity index is 1.75. The van der Waals surface area contributed by atoms with Gasteiger partial charge in [-0.1, -0.05) is 41.2 Å². The molecule has 25 heavy (non-hydrogen) atoms. The highest BCUT2D eigenvalue weighted by atomic mass is 32.1. The molecule has 0 spiro atoms. The number of nitrogens with zero attached hydrogens (tertiary/aromatic N) is 3. The Morgan fingerprint density at radius 3 is 2.68 bits per heavy atom. The third-order valence-electron chi connectivity index (χ3n) is 3.61. The maximum Gasteiger partial charge on any atom is 0.320 e. The van der Waals surface area contributed by atoms with Gasteiger partial charge < -0.3 is 5.32 Å². The summed E-state index contributed by atoms with van der Waals surface area (Å²) < 4.78 is 26.8. The SMILES string of the molecule is Cc1ccc(CC(=O)Nc2nc(C)c(-c3nccn3C(F)F)s2)cc1. The van der Waals surface area contributed by atoms with Gasteiger partial charge in [-0.25, -0.2) is 9.97 Å². The largest absolute Gasteiger partial charge is 0.320 e. The molecule has 0 bridgehead atoms. The van der Waals surface area contributed by atoms with Crippen LogP contribution in [0.2, 0.25) is 0 Å². The van der Waals surface area contributed by atoms with Crippen LogP contribution in [0.1, 0.15) is 23.4 Å². The van der Waals surface area contributed by atoms with E-state index >= 15 is 0 Å². The zero-order valence-electron chi connectivity index (χ0n) is 13.7. The summed E-state index contributed by atoms with van der Waals surface area (Å²) in [6.07, 6.45) is 2.75. The van der Waals surface area contributed by atoms with Crippen LogP contribution in [0.3, 0.4) is 0 Å². The number of carbonyl (C=O) groups excluding carboxylic acids is 1. The minimum atomic E-state index is -2.68. The quantitative estimate of drug-likeness (QED) is 0.740. The molecule has 0 radical (unpaired) electrons. The number of imidazole rings is 1. The van der Waals surface area contributed by atoms with E-state index in [9.17, 15) is 13.6 Å². The molecular weight excluding hydrogens is 346 g/mol. The number of benzene rings is 1. The van der Waals surface area contributed by atoms with Crippen LogP contribution < -0.4 is 5.32 Å². The first kappa shape index (κ1) is 17.2. The van der Waals surface area contributed by atoms with E-state index in [1.165, 1.54) is 12.4 Å². The monoisotopic (exact) mass is 362 g/mol. The highest BCUT2D eigenvalue weighted by Gasteiger charge is 2.19. The molecule has 130 valence electrons. The Morgan fingerprint density at radius 1 is 1.28 bits per heavy atom. The first-order valence-corrected chi connectivity index (χ1v) is 8.40. The van der Waals surface area contributed by atoms with Gasteiger partial charge >= 0.3 is 6.55 Å². The van der Waals surface area contributed by atoms with Crippen molar-refractivity contribution < 1.29 is 13.6 Å². The van der Waals surface area contributed by atoms with Gasteiger partial charge in [0.05, 0.1) is 17.0 Å². The summed E-state index contributed by atoms with van der Waals surface area (Å²) in [5.41, 5.74) is 2.56. The number of carbonyl (C=O) groups is 1. The van der Waals surface area contributed by atoms with Gasteiger partial charge in [0.15, 0.2) is 11.0 Å². The molecule has 0 saturated heterocycles. The van der Waals surface area contributed by atoms with Crippen molar-refractivity contribution in [3.63, 3.8) is 0 Å². The zero-order chi connectivity index (χ0) is 18.0. The Kier molecular flexibility index (Phi) is 4.89. The van der Waals surface area contributed by atoms with E-state index in [1.54, 1.807) is 6.92 Å². The van der Waals surface area contributed by atoms with Crippen LogP contribution in [-0.4, -0.2) is 20.4 Å². The van der Waals surface area contributed by atoms with Gasteiger partial charge in [-0.3, -0.25) is 9.36 Å². The van der Waals surface area contributed by atoms with Crippen molar-refractivity contribution in [1.29, 1.82) is 0 Å². The summed E-state index contributed by atoms with van der Waals surface area (Å²) in [6.45, 7) is 0.998. The van der Waals surface area contributed by atoms with E-state index in [0.717, 1.165) is 27.0 Å². The maximum absolute atomic E-state index is 13.0. The summed E-state index contributed by atoms with van der Waals surface area (Å²) in [5, 5.41) is 3.09. The minimum Gasteiger partial charge on any atom is -0.302 e.